The molecule has 3 rings (SSSR count). The normalized spacial score (nSPS) is 16.2. The van der Waals surface area contributed by atoms with E-state index in [2.05, 4.69) is 5.32 Å². The van der Waals surface area contributed by atoms with E-state index in [-0.39, 0.29) is 11.8 Å². The third-order valence-corrected chi connectivity index (χ3v) is 4.79. The number of amides is 2. The van der Waals surface area contributed by atoms with Gasteiger partial charge in [-0.3, -0.25) is 9.59 Å². The summed E-state index contributed by atoms with van der Waals surface area (Å²) in [4.78, 5) is 26.8. The minimum Gasteiger partial charge on any atom is -0.494 e. The van der Waals surface area contributed by atoms with Gasteiger partial charge in [0.15, 0.2) is 0 Å². The van der Waals surface area contributed by atoms with Crippen LogP contribution in [0.5, 0.6) is 5.75 Å². The Hall–Kier alpha value is -2.53. The van der Waals surface area contributed by atoms with Gasteiger partial charge in [-0.25, -0.2) is 0 Å². The second kappa shape index (κ2) is 9.42. The molecular formula is C21H23ClN2O3. The van der Waals surface area contributed by atoms with E-state index in [0.717, 1.165) is 12.2 Å². The number of rotatable bonds is 7. The zero-order chi connectivity index (χ0) is 19.1. The minimum absolute atomic E-state index is 0.000387. The molecule has 1 fully saturated rings. The summed E-state index contributed by atoms with van der Waals surface area (Å²) < 4.78 is 5.62. The summed E-state index contributed by atoms with van der Waals surface area (Å²) in [7, 11) is 0. The molecule has 5 nitrogen and oxygen atoms in total. The minimum atomic E-state index is -0.414. The number of hydrogen-bond acceptors (Lipinski definition) is 3. The van der Waals surface area contributed by atoms with Gasteiger partial charge in [-0.2, -0.15) is 0 Å². The first-order valence-corrected chi connectivity index (χ1v) is 9.55. The van der Waals surface area contributed by atoms with Crippen LogP contribution < -0.4 is 10.1 Å². The standard InChI is InChI=1S/C21H23ClN2O3/c22-16-10-12-17(13-11-16)23-21(26)19-8-4-14-24(19)20(25)9-5-15-27-18-6-2-1-3-7-18/h1-3,6-7,10-13,19H,4-5,8-9,14-15H2,(H,23,26)/t19-/m1/s1. The zero-order valence-electron chi connectivity index (χ0n) is 15.1. The number of nitrogens with zero attached hydrogens (tertiary/aromatic N) is 1. The largest absolute Gasteiger partial charge is 0.494 e. The summed E-state index contributed by atoms with van der Waals surface area (Å²) in [5.74, 6) is 0.649. The SMILES string of the molecule is O=C(Nc1ccc(Cl)cc1)[C@H]1CCCN1C(=O)CCCOc1ccccc1. The van der Waals surface area contributed by atoms with E-state index in [0.29, 0.717) is 43.1 Å². The van der Waals surface area contributed by atoms with Crippen LogP contribution in [0, 0.1) is 0 Å². The second-order valence-electron chi connectivity index (χ2n) is 6.51. The molecule has 142 valence electrons. The molecular weight excluding hydrogens is 364 g/mol. The van der Waals surface area contributed by atoms with E-state index in [9.17, 15) is 9.59 Å². The molecule has 1 saturated heterocycles. The summed E-state index contributed by atoms with van der Waals surface area (Å²) in [6.07, 6.45) is 2.52. The molecule has 0 spiro atoms. The van der Waals surface area contributed by atoms with Gasteiger partial charge in [0.05, 0.1) is 6.61 Å². The summed E-state index contributed by atoms with van der Waals surface area (Å²) in [5, 5.41) is 3.48. The molecule has 27 heavy (non-hydrogen) atoms. The van der Waals surface area contributed by atoms with Crippen LogP contribution in [-0.4, -0.2) is 35.9 Å². The smallest absolute Gasteiger partial charge is 0.247 e. The predicted molar refractivity (Wildman–Crippen MR) is 106 cm³/mol. The number of benzene rings is 2. The monoisotopic (exact) mass is 386 g/mol. The molecule has 1 N–H and O–H groups in total. The van der Waals surface area contributed by atoms with Crippen LogP contribution >= 0.6 is 11.6 Å². The van der Waals surface area contributed by atoms with Gasteiger partial charge in [0, 0.05) is 23.7 Å². The summed E-state index contributed by atoms with van der Waals surface area (Å²) in [5.41, 5.74) is 0.681. The van der Waals surface area contributed by atoms with Gasteiger partial charge >= 0.3 is 0 Å². The van der Waals surface area contributed by atoms with E-state index in [1.807, 2.05) is 30.3 Å². The fourth-order valence-corrected chi connectivity index (χ4v) is 3.30. The predicted octanol–water partition coefficient (Wildman–Crippen LogP) is 4.13. The molecule has 2 aromatic carbocycles. The van der Waals surface area contributed by atoms with Crippen molar-refractivity contribution in [2.45, 2.75) is 31.7 Å². The molecule has 0 aromatic heterocycles. The van der Waals surface area contributed by atoms with Gasteiger partial charge in [-0.05, 0) is 55.7 Å². The van der Waals surface area contributed by atoms with E-state index in [4.69, 9.17) is 16.3 Å². The average Bonchev–Trinajstić information content (AvgIpc) is 3.18. The van der Waals surface area contributed by atoms with Crippen LogP contribution in [0.3, 0.4) is 0 Å². The number of anilines is 1. The third kappa shape index (κ3) is 5.47. The molecule has 2 aromatic rings. The molecule has 0 unspecified atom stereocenters. The lowest BCUT2D eigenvalue weighted by atomic mass is 10.2. The number of carbonyl (C=O) groups is 2. The van der Waals surface area contributed by atoms with Gasteiger partial charge in [-0.1, -0.05) is 29.8 Å². The quantitative estimate of drug-likeness (QED) is 0.728. The number of nitrogens with one attached hydrogen (secondary N) is 1. The first-order chi connectivity index (χ1) is 13.1. The lowest BCUT2D eigenvalue weighted by molar-refractivity contribution is -0.136. The number of carbonyl (C=O) groups excluding carboxylic acids is 2. The highest BCUT2D eigenvalue weighted by molar-refractivity contribution is 6.30. The summed E-state index contributed by atoms with van der Waals surface area (Å²) in [6, 6.07) is 16.1. The van der Waals surface area contributed by atoms with Gasteiger partial charge in [0.1, 0.15) is 11.8 Å². The first-order valence-electron chi connectivity index (χ1n) is 9.17. The molecule has 1 atom stereocenters. The molecule has 0 bridgehead atoms. The molecule has 6 heteroatoms. The van der Waals surface area contributed by atoms with E-state index >= 15 is 0 Å². The Kier molecular flexibility index (Phi) is 6.71. The van der Waals surface area contributed by atoms with Gasteiger partial charge < -0.3 is 15.0 Å². The molecule has 0 aliphatic carbocycles. The summed E-state index contributed by atoms with van der Waals surface area (Å²) >= 11 is 5.86. The second-order valence-corrected chi connectivity index (χ2v) is 6.94. The summed E-state index contributed by atoms with van der Waals surface area (Å²) in [6.45, 7) is 1.10. The Morgan fingerprint density at radius 2 is 1.85 bits per heavy atom. The van der Waals surface area contributed by atoms with Crippen molar-refractivity contribution in [1.29, 1.82) is 0 Å². The fourth-order valence-electron chi connectivity index (χ4n) is 3.17. The lowest BCUT2D eigenvalue weighted by Crippen LogP contribution is -2.43. The van der Waals surface area contributed by atoms with Crippen LogP contribution in [0.2, 0.25) is 5.02 Å². The number of ether oxygens (including phenoxy) is 1. The zero-order valence-corrected chi connectivity index (χ0v) is 15.8. The van der Waals surface area contributed by atoms with Crippen LogP contribution in [0.4, 0.5) is 5.69 Å². The Bertz CT molecular complexity index is 765. The topological polar surface area (TPSA) is 58.6 Å². The van der Waals surface area contributed by atoms with Crippen molar-refractivity contribution < 1.29 is 14.3 Å². The maximum Gasteiger partial charge on any atom is 0.247 e. The molecule has 1 aliphatic heterocycles. The van der Waals surface area contributed by atoms with E-state index in [1.54, 1.807) is 29.2 Å². The Balaban J connectivity index is 1.47. The van der Waals surface area contributed by atoms with Crippen molar-refractivity contribution in [3.05, 3.63) is 59.6 Å². The number of likely N-dealkylation sites (tertiary alicyclic amines) is 1. The molecule has 2 amide bonds. The van der Waals surface area contributed by atoms with Crippen LogP contribution in [0.15, 0.2) is 54.6 Å². The van der Waals surface area contributed by atoms with Crippen LogP contribution in [-0.2, 0) is 9.59 Å². The van der Waals surface area contributed by atoms with Gasteiger partial charge in [-0.15, -0.1) is 0 Å². The molecule has 1 aliphatic rings. The van der Waals surface area contributed by atoms with Crippen molar-refractivity contribution in [2.75, 3.05) is 18.5 Å². The van der Waals surface area contributed by atoms with Crippen molar-refractivity contribution in [3.63, 3.8) is 0 Å². The highest BCUT2D eigenvalue weighted by atomic mass is 35.5. The average molecular weight is 387 g/mol. The number of hydrogen-bond donors (Lipinski definition) is 1. The fraction of sp³-hybridized carbons (Fsp3) is 0.333. The van der Waals surface area contributed by atoms with Gasteiger partial charge in [0.2, 0.25) is 11.8 Å². The maximum absolute atomic E-state index is 12.6. The molecule has 0 saturated carbocycles. The molecule has 1 heterocycles. The van der Waals surface area contributed by atoms with Crippen molar-refractivity contribution in [2.24, 2.45) is 0 Å². The first kappa shape index (κ1) is 19.2. The lowest BCUT2D eigenvalue weighted by Gasteiger charge is -2.24. The number of para-hydroxylation sites is 1. The van der Waals surface area contributed by atoms with Crippen molar-refractivity contribution >= 4 is 29.1 Å². The van der Waals surface area contributed by atoms with Crippen molar-refractivity contribution in [1.82, 2.24) is 4.90 Å². The maximum atomic E-state index is 12.6. The number of halogens is 1. The third-order valence-electron chi connectivity index (χ3n) is 4.53. The van der Waals surface area contributed by atoms with E-state index in [1.165, 1.54) is 0 Å². The van der Waals surface area contributed by atoms with E-state index < -0.39 is 6.04 Å². The Labute approximate surface area is 164 Å². The van der Waals surface area contributed by atoms with Crippen LogP contribution in [0.25, 0.3) is 0 Å². The van der Waals surface area contributed by atoms with Gasteiger partial charge in [0.25, 0.3) is 0 Å². The Morgan fingerprint density at radius 1 is 1.11 bits per heavy atom. The highest BCUT2D eigenvalue weighted by Crippen LogP contribution is 2.21. The Morgan fingerprint density at radius 3 is 2.59 bits per heavy atom. The van der Waals surface area contributed by atoms with Crippen molar-refractivity contribution in [3.8, 4) is 5.75 Å². The van der Waals surface area contributed by atoms with Crippen LogP contribution in [0.1, 0.15) is 25.7 Å². The molecule has 0 radical (unpaired) electrons. The highest BCUT2D eigenvalue weighted by Gasteiger charge is 2.33.